The van der Waals surface area contributed by atoms with Crippen molar-refractivity contribution in [3.8, 4) is 0 Å². The number of carbonyl (C=O) groups is 13. The van der Waals surface area contributed by atoms with Crippen LogP contribution in [0.3, 0.4) is 0 Å². The van der Waals surface area contributed by atoms with Crippen molar-refractivity contribution in [3.63, 3.8) is 0 Å². The smallest absolute Gasteiger partial charge is 0.248 e. The van der Waals surface area contributed by atoms with Crippen LogP contribution in [0.5, 0.6) is 0 Å². The number of hydrogen-bond donors (Lipinski definition) is 5. The van der Waals surface area contributed by atoms with Gasteiger partial charge in [-0.3, -0.25) is 62.3 Å². The van der Waals surface area contributed by atoms with Gasteiger partial charge >= 0.3 is 0 Å². The Morgan fingerprint density at radius 1 is 0.524 bits per heavy atom. The summed E-state index contributed by atoms with van der Waals surface area (Å²) in [7, 11) is 11.0. The van der Waals surface area contributed by atoms with Crippen LogP contribution in [0.4, 0.5) is 0 Å². The van der Waals surface area contributed by atoms with E-state index < -0.39 is 156 Å². The van der Waals surface area contributed by atoms with Crippen LogP contribution in [0.2, 0.25) is 0 Å². The molecule has 3 aromatic carbocycles. The minimum absolute atomic E-state index is 0.000276. The molecule has 566 valence electrons. The standard InChI is InChI=1S/C76H113N13O14/c1-47(2)40-57-68(95)79-65(49(5)6)70(97)78-56(73(100)88(17)61(44-55-34-26-20-27-35-55)75(102)87(16)58(42-53-30-22-18-23-31-53)67(94)77-50(7)71(98)89-37-28-21-29-38-89)45-63(92)81(10)39-36-62(91)83(12)51(8)72(99)85(14)59(43-54-32-24-19-25-33-54)69(96)80-66(52(9)90)76(103)82(11)46-64(93)84(13)60(41-48(3)4)74(101)86(57)15/h18-20,22-27,30-35,47-52,56-61,65-66,90H,21,28-29,36-46H2,1-17H3,(H,77,94)(H,78,97)(H,79,95)(H,80,96)/t50-,51-,52+,56-,57-,58-,59-,60-,61-,65-,66-/m0/s1. The Morgan fingerprint density at radius 3 is 1.54 bits per heavy atom. The van der Waals surface area contributed by atoms with Crippen molar-refractivity contribution in [2.24, 2.45) is 17.8 Å². The van der Waals surface area contributed by atoms with E-state index in [1.807, 2.05) is 27.7 Å². The summed E-state index contributed by atoms with van der Waals surface area (Å²) < 4.78 is 0. The fraction of sp³-hybridized carbons (Fsp3) is 0.592. The number of likely N-dealkylation sites (N-methyl/N-ethyl adjacent to an activating group) is 7. The first-order chi connectivity index (χ1) is 48.5. The first-order valence-corrected chi connectivity index (χ1v) is 35.8. The van der Waals surface area contributed by atoms with E-state index in [9.17, 15) is 43.5 Å². The van der Waals surface area contributed by atoms with E-state index in [1.165, 1.54) is 84.9 Å². The topological polar surface area (TPSA) is 319 Å². The van der Waals surface area contributed by atoms with E-state index >= 15 is 24.0 Å². The van der Waals surface area contributed by atoms with E-state index in [4.69, 9.17) is 0 Å². The number of nitrogens with one attached hydrogen (secondary N) is 4. The van der Waals surface area contributed by atoms with Gasteiger partial charge in [0.25, 0.3) is 0 Å². The predicted octanol–water partition coefficient (Wildman–Crippen LogP) is 2.51. The molecule has 5 N–H and O–H groups in total. The van der Waals surface area contributed by atoms with Crippen molar-refractivity contribution in [1.82, 2.24) is 65.4 Å². The Balaban J connectivity index is 1.62. The number of nitrogens with zero attached hydrogens (tertiary/aromatic N) is 9. The van der Waals surface area contributed by atoms with Gasteiger partial charge in [0.05, 0.1) is 19.1 Å². The fourth-order valence-electron chi connectivity index (χ4n) is 12.8. The molecule has 0 aliphatic carbocycles. The molecule has 2 fully saturated rings. The van der Waals surface area contributed by atoms with Crippen LogP contribution < -0.4 is 21.3 Å². The predicted molar refractivity (Wildman–Crippen MR) is 389 cm³/mol. The Labute approximate surface area is 608 Å². The lowest BCUT2D eigenvalue weighted by molar-refractivity contribution is -0.151. The third-order valence-electron chi connectivity index (χ3n) is 19.7. The van der Waals surface area contributed by atoms with Gasteiger partial charge in [-0.1, -0.05) is 133 Å². The van der Waals surface area contributed by atoms with E-state index in [1.54, 1.807) is 117 Å². The molecule has 2 heterocycles. The maximum absolute atomic E-state index is 15.7. The SMILES string of the molecule is CC(C)C[C@H]1C(=O)N(C)[C@@H](CC(C)C)C(=O)N[C@@H](C(C)C)C(=O)N[C@H](C(=O)N(C)[C@@H](Cc2ccccc2)C(=O)N(C)[C@@H](Cc2ccccc2)C(=O)N[C@@H](C)C(=O)N2CCCCC2)CC(=O)N(C)CCC(=O)N(C)[C@@H](C)C(=O)N(C)[C@@H](Cc2ccccc2)C(=O)N[C@@H]([C@@H](C)O)C(=O)N(C)CC(=O)N1C. The van der Waals surface area contributed by atoms with Crippen LogP contribution in [0.25, 0.3) is 0 Å². The Hall–Kier alpha value is -9.27. The second-order valence-corrected chi connectivity index (χ2v) is 29.0. The summed E-state index contributed by atoms with van der Waals surface area (Å²) >= 11 is 0. The first kappa shape index (κ1) is 84.4. The number of rotatable bonds is 19. The molecule has 13 amide bonds. The van der Waals surface area contributed by atoms with E-state index in [0.29, 0.717) is 29.8 Å². The quantitative estimate of drug-likeness (QED) is 0.115. The molecule has 0 unspecified atom stereocenters. The van der Waals surface area contributed by atoms with Gasteiger partial charge in [-0.05, 0) is 87.3 Å². The molecule has 2 aliphatic heterocycles. The van der Waals surface area contributed by atoms with Crippen molar-refractivity contribution < 1.29 is 67.4 Å². The van der Waals surface area contributed by atoms with Crippen LogP contribution in [0.1, 0.15) is 124 Å². The minimum Gasteiger partial charge on any atom is -0.391 e. The molecule has 0 saturated carbocycles. The molecule has 27 nitrogen and oxygen atoms in total. The van der Waals surface area contributed by atoms with Crippen molar-refractivity contribution >= 4 is 76.8 Å². The number of aliphatic hydroxyl groups is 1. The van der Waals surface area contributed by atoms with Crippen molar-refractivity contribution in [2.75, 3.05) is 82.6 Å². The van der Waals surface area contributed by atoms with Crippen LogP contribution in [0.15, 0.2) is 91.0 Å². The highest BCUT2D eigenvalue weighted by Gasteiger charge is 2.43. The number of likely N-dealkylation sites (tertiary alicyclic amines) is 1. The van der Waals surface area contributed by atoms with Crippen LogP contribution >= 0.6 is 0 Å². The highest BCUT2D eigenvalue weighted by molar-refractivity contribution is 6.00. The van der Waals surface area contributed by atoms with Crippen molar-refractivity contribution in [3.05, 3.63) is 108 Å². The minimum atomic E-state index is -1.79. The molecule has 103 heavy (non-hydrogen) atoms. The van der Waals surface area contributed by atoms with Gasteiger partial charge in [0.1, 0.15) is 60.4 Å². The second-order valence-electron chi connectivity index (χ2n) is 29.0. The fourth-order valence-corrected chi connectivity index (χ4v) is 12.8. The third kappa shape index (κ3) is 23.6. The van der Waals surface area contributed by atoms with Crippen LogP contribution in [-0.4, -0.2) is 275 Å². The van der Waals surface area contributed by atoms with Gasteiger partial charge in [0.2, 0.25) is 76.8 Å². The zero-order chi connectivity index (χ0) is 76.9. The van der Waals surface area contributed by atoms with Gasteiger partial charge in [0.15, 0.2) is 0 Å². The third-order valence-corrected chi connectivity index (χ3v) is 19.7. The Bertz CT molecular complexity index is 3410. The summed E-state index contributed by atoms with van der Waals surface area (Å²) in [4.78, 5) is 203. The zero-order valence-corrected chi connectivity index (χ0v) is 63.4. The normalized spacial score (nSPS) is 22.6. The van der Waals surface area contributed by atoms with Crippen molar-refractivity contribution in [1.29, 1.82) is 0 Å². The molecule has 3 aromatic rings. The summed E-state index contributed by atoms with van der Waals surface area (Å²) in [6.07, 6.45) is -0.106. The van der Waals surface area contributed by atoms with E-state index in [0.717, 1.165) is 43.8 Å². The maximum atomic E-state index is 15.7. The number of piperidine rings is 1. The summed E-state index contributed by atoms with van der Waals surface area (Å²) in [5, 5.41) is 22.2. The monoisotopic (exact) mass is 1430 g/mol. The van der Waals surface area contributed by atoms with Gasteiger partial charge in [-0.2, -0.15) is 0 Å². The molecule has 2 aliphatic rings. The van der Waals surface area contributed by atoms with E-state index in [-0.39, 0.29) is 62.8 Å². The number of aliphatic hydroxyl groups excluding tert-OH is 1. The van der Waals surface area contributed by atoms with Crippen LogP contribution in [-0.2, 0) is 81.6 Å². The summed E-state index contributed by atoms with van der Waals surface area (Å²) in [6, 6.07) is 12.9. The average molecular weight is 1430 g/mol. The zero-order valence-electron chi connectivity index (χ0n) is 63.4. The Kier molecular flexibility index (Phi) is 32.3. The highest BCUT2D eigenvalue weighted by atomic mass is 16.3. The summed E-state index contributed by atoms with van der Waals surface area (Å²) in [6.45, 7) is 15.1. The molecule has 0 spiro atoms. The maximum Gasteiger partial charge on any atom is 0.248 e. The average Bonchev–Trinajstić information content (AvgIpc) is 0.842. The van der Waals surface area contributed by atoms with Gasteiger partial charge in [0, 0.05) is 102 Å². The molecule has 5 rings (SSSR count). The molecule has 2 saturated heterocycles. The largest absolute Gasteiger partial charge is 0.391 e. The van der Waals surface area contributed by atoms with Gasteiger partial charge < -0.3 is 70.5 Å². The lowest BCUT2D eigenvalue weighted by Gasteiger charge is -2.37. The molecule has 11 atom stereocenters. The van der Waals surface area contributed by atoms with Gasteiger partial charge in [-0.25, -0.2) is 0 Å². The molecule has 0 aromatic heterocycles. The van der Waals surface area contributed by atoms with Gasteiger partial charge in [-0.15, -0.1) is 0 Å². The number of benzene rings is 3. The molecular weight excluding hydrogens is 1320 g/mol. The first-order valence-electron chi connectivity index (χ1n) is 35.8. The lowest BCUT2D eigenvalue weighted by Crippen LogP contribution is -2.62. The highest BCUT2D eigenvalue weighted by Crippen LogP contribution is 2.23. The molecule has 0 radical (unpaired) electrons. The molecule has 0 bridgehead atoms. The number of carbonyl (C=O) groups excluding carboxylic acids is 13. The molecule has 27 heteroatoms. The van der Waals surface area contributed by atoms with E-state index in [2.05, 4.69) is 21.3 Å². The number of hydrogen-bond acceptors (Lipinski definition) is 14. The summed E-state index contributed by atoms with van der Waals surface area (Å²) in [5.74, 6) is -10.6. The Morgan fingerprint density at radius 2 is 1.02 bits per heavy atom. The van der Waals surface area contributed by atoms with Crippen molar-refractivity contribution in [2.45, 2.75) is 193 Å². The second kappa shape index (κ2) is 39.4. The number of amides is 13. The van der Waals surface area contributed by atoms with Crippen LogP contribution in [0, 0.1) is 17.8 Å². The molecular formula is C76H113N13O14. The lowest BCUT2D eigenvalue weighted by atomic mass is 9.96. The summed E-state index contributed by atoms with van der Waals surface area (Å²) in [5.41, 5.74) is 1.90.